The molecule has 2 rings (SSSR count). The monoisotopic (exact) mass is 317 g/mol. The Hall–Kier alpha value is -1.23. The predicted molar refractivity (Wildman–Crippen MR) is 88.1 cm³/mol. The van der Waals surface area contributed by atoms with Crippen molar-refractivity contribution >= 4 is 24.8 Å². The highest BCUT2D eigenvalue weighted by molar-refractivity contribution is 5.85. The van der Waals surface area contributed by atoms with Crippen molar-refractivity contribution in [3.05, 3.63) is 46.9 Å². The van der Waals surface area contributed by atoms with E-state index in [2.05, 4.69) is 16.9 Å². The largest absolute Gasteiger partial charge is 0.305 e. The molecule has 0 aliphatic carbocycles. The van der Waals surface area contributed by atoms with Crippen LogP contribution in [0.25, 0.3) is 11.1 Å². The normalized spacial score (nSPS) is 11.6. The molecule has 0 amide bonds. The van der Waals surface area contributed by atoms with Crippen LogP contribution in [0, 0.1) is 0 Å². The average molecular weight is 318 g/mol. The van der Waals surface area contributed by atoms with Crippen LogP contribution < -0.4 is 5.56 Å². The van der Waals surface area contributed by atoms with Gasteiger partial charge in [0.15, 0.2) is 0 Å². The zero-order chi connectivity index (χ0) is 13.1. The Balaban J connectivity index is 0.00000180. The summed E-state index contributed by atoms with van der Waals surface area (Å²) in [6.45, 7) is 2.90. The number of hydrogen-bond donors (Lipinski definition) is 1. The summed E-state index contributed by atoms with van der Waals surface area (Å²) < 4.78 is 1.86. The Morgan fingerprint density at radius 3 is 2.35 bits per heavy atom. The van der Waals surface area contributed by atoms with Gasteiger partial charge in [-0.2, -0.15) is 0 Å². The molecule has 0 fully saturated rings. The number of rotatable bonds is 4. The van der Waals surface area contributed by atoms with E-state index in [9.17, 15) is 4.79 Å². The minimum Gasteiger partial charge on any atom is -0.305 e. The quantitative estimate of drug-likeness (QED) is 0.941. The maximum Gasteiger partial charge on any atom is 0.271 e. The standard InChI is InChI=1S/C14H19N3O.2ClH/c1-11(16(2)3)9-17-10-13(14(18)15-17)12-7-5-4-6-8-12;;/h4-8,10-11H,9H2,1-3H3,(H,15,18);2*1H. The number of H-pyrrole nitrogens is 1. The van der Waals surface area contributed by atoms with Crippen molar-refractivity contribution in [2.24, 2.45) is 0 Å². The van der Waals surface area contributed by atoms with E-state index < -0.39 is 0 Å². The summed E-state index contributed by atoms with van der Waals surface area (Å²) in [5.74, 6) is 0. The number of hydrogen-bond acceptors (Lipinski definition) is 2. The molecule has 1 atom stereocenters. The lowest BCUT2D eigenvalue weighted by Gasteiger charge is -2.19. The molecular formula is C14H21Cl2N3O. The second-order valence-corrected chi connectivity index (χ2v) is 4.81. The third-order valence-corrected chi connectivity index (χ3v) is 3.20. The summed E-state index contributed by atoms with van der Waals surface area (Å²) in [4.78, 5) is 14.0. The van der Waals surface area contributed by atoms with E-state index in [-0.39, 0.29) is 30.4 Å². The number of aromatic nitrogens is 2. The van der Waals surface area contributed by atoms with Gasteiger partial charge in [0.2, 0.25) is 0 Å². The van der Waals surface area contributed by atoms with Crippen molar-refractivity contribution in [2.75, 3.05) is 14.1 Å². The van der Waals surface area contributed by atoms with Crippen LogP contribution >= 0.6 is 24.8 Å². The van der Waals surface area contributed by atoms with Gasteiger partial charge in [-0.05, 0) is 26.6 Å². The molecule has 4 nitrogen and oxygen atoms in total. The number of likely N-dealkylation sites (N-methyl/N-ethyl adjacent to an activating group) is 1. The van der Waals surface area contributed by atoms with Gasteiger partial charge in [0.25, 0.3) is 5.56 Å². The fourth-order valence-corrected chi connectivity index (χ4v) is 1.81. The molecule has 112 valence electrons. The van der Waals surface area contributed by atoms with E-state index in [1.165, 1.54) is 0 Å². The van der Waals surface area contributed by atoms with E-state index in [4.69, 9.17) is 0 Å². The SMILES string of the molecule is CC(Cn1cc(-c2ccccc2)c(=O)[nH]1)N(C)C.Cl.Cl. The highest BCUT2D eigenvalue weighted by Crippen LogP contribution is 2.14. The summed E-state index contributed by atoms with van der Waals surface area (Å²) in [7, 11) is 4.06. The molecule has 1 N–H and O–H groups in total. The fraction of sp³-hybridized carbons (Fsp3) is 0.357. The number of nitrogens with one attached hydrogen (secondary N) is 1. The lowest BCUT2D eigenvalue weighted by Crippen LogP contribution is -2.29. The van der Waals surface area contributed by atoms with Gasteiger partial charge in [-0.25, -0.2) is 0 Å². The molecule has 6 heteroatoms. The zero-order valence-corrected chi connectivity index (χ0v) is 13.5. The van der Waals surface area contributed by atoms with E-state index in [1.54, 1.807) is 0 Å². The first kappa shape index (κ1) is 18.8. The van der Waals surface area contributed by atoms with Gasteiger partial charge in [0.1, 0.15) is 0 Å². The Kier molecular flexibility index (Phi) is 7.64. The number of benzene rings is 1. The van der Waals surface area contributed by atoms with Crippen LogP contribution in [0.5, 0.6) is 0 Å². The number of halogens is 2. The van der Waals surface area contributed by atoms with E-state index >= 15 is 0 Å². The third kappa shape index (κ3) is 4.40. The van der Waals surface area contributed by atoms with Gasteiger partial charge >= 0.3 is 0 Å². The van der Waals surface area contributed by atoms with Crippen LogP contribution in [0.2, 0.25) is 0 Å². The minimum absolute atomic E-state index is 0. The minimum atomic E-state index is -0.0350. The Labute approximate surface area is 131 Å². The van der Waals surface area contributed by atoms with E-state index in [0.29, 0.717) is 6.04 Å². The first-order valence-corrected chi connectivity index (χ1v) is 6.09. The van der Waals surface area contributed by atoms with Crippen LogP contribution in [0.1, 0.15) is 6.92 Å². The van der Waals surface area contributed by atoms with Gasteiger partial charge in [0, 0.05) is 12.2 Å². The van der Waals surface area contributed by atoms with E-state index in [1.807, 2.05) is 55.3 Å². The Bertz CT molecular complexity index is 563. The smallest absolute Gasteiger partial charge is 0.271 e. The van der Waals surface area contributed by atoms with Crippen LogP contribution in [0.15, 0.2) is 41.3 Å². The van der Waals surface area contributed by atoms with Crippen molar-refractivity contribution in [3.63, 3.8) is 0 Å². The zero-order valence-electron chi connectivity index (χ0n) is 11.9. The molecule has 0 saturated carbocycles. The van der Waals surface area contributed by atoms with Gasteiger partial charge in [-0.1, -0.05) is 30.3 Å². The van der Waals surface area contributed by atoms with E-state index in [0.717, 1.165) is 17.7 Å². The molecule has 0 aliphatic rings. The average Bonchev–Trinajstić information content (AvgIpc) is 2.71. The number of nitrogens with zero attached hydrogens (tertiary/aromatic N) is 2. The molecular weight excluding hydrogens is 297 g/mol. The van der Waals surface area contributed by atoms with Crippen LogP contribution in [0.4, 0.5) is 0 Å². The van der Waals surface area contributed by atoms with Crippen LogP contribution in [-0.2, 0) is 6.54 Å². The molecule has 0 saturated heterocycles. The maximum absolute atomic E-state index is 11.9. The second kappa shape index (κ2) is 8.15. The molecule has 20 heavy (non-hydrogen) atoms. The highest BCUT2D eigenvalue weighted by atomic mass is 35.5. The van der Waals surface area contributed by atoms with Crippen LogP contribution in [-0.4, -0.2) is 34.8 Å². The van der Waals surface area contributed by atoms with Crippen molar-refractivity contribution in [1.82, 2.24) is 14.7 Å². The van der Waals surface area contributed by atoms with Gasteiger partial charge < -0.3 is 4.90 Å². The van der Waals surface area contributed by atoms with Crippen molar-refractivity contribution < 1.29 is 0 Å². The fourth-order valence-electron chi connectivity index (χ4n) is 1.81. The molecule has 0 spiro atoms. The van der Waals surface area contributed by atoms with Crippen molar-refractivity contribution in [3.8, 4) is 11.1 Å². The molecule has 1 aromatic heterocycles. The topological polar surface area (TPSA) is 41.0 Å². The molecule has 2 aromatic rings. The molecule has 1 aromatic carbocycles. The Morgan fingerprint density at radius 2 is 1.80 bits per heavy atom. The summed E-state index contributed by atoms with van der Waals surface area (Å²) in [6.07, 6.45) is 1.89. The molecule has 1 heterocycles. The predicted octanol–water partition coefficient (Wildman–Crippen LogP) is 2.64. The van der Waals surface area contributed by atoms with Gasteiger partial charge in [-0.3, -0.25) is 14.6 Å². The second-order valence-electron chi connectivity index (χ2n) is 4.81. The lowest BCUT2D eigenvalue weighted by atomic mass is 10.1. The van der Waals surface area contributed by atoms with Gasteiger partial charge in [0.05, 0.1) is 12.1 Å². The summed E-state index contributed by atoms with van der Waals surface area (Å²) in [6, 6.07) is 10.1. The van der Waals surface area contributed by atoms with Gasteiger partial charge in [-0.15, -0.1) is 24.8 Å². The summed E-state index contributed by atoms with van der Waals surface area (Å²) in [5, 5.41) is 2.86. The first-order chi connectivity index (χ1) is 8.58. The third-order valence-electron chi connectivity index (χ3n) is 3.20. The van der Waals surface area contributed by atoms with Crippen LogP contribution in [0.3, 0.4) is 0 Å². The summed E-state index contributed by atoms with van der Waals surface area (Å²) >= 11 is 0. The number of aromatic amines is 1. The first-order valence-electron chi connectivity index (χ1n) is 6.09. The molecule has 0 radical (unpaired) electrons. The van der Waals surface area contributed by atoms with Crippen molar-refractivity contribution in [1.29, 1.82) is 0 Å². The molecule has 0 aliphatic heterocycles. The summed E-state index contributed by atoms with van der Waals surface area (Å²) in [5.41, 5.74) is 1.64. The molecule has 1 unspecified atom stereocenters. The molecule has 0 bridgehead atoms. The lowest BCUT2D eigenvalue weighted by molar-refractivity contribution is 0.275. The Morgan fingerprint density at radius 1 is 1.20 bits per heavy atom. The highest BCUT2D eigenvalue weighted by Gasteiger charge is 2.09. The maximum atomic E-state index is 11.9. The van der Waals surface area contributed by atoms with Crippen molar-refractivity contribution in [2.45, 2.75) is 19.5 Å².